The Balaban J connectivity index is 1.41. The van der Waals surface area contributed by atoms with Crippen molar-refractivity contribution in [1.82, 2.24) is 14.3 Å². The summed E-state index contributed by atoms with van der Waals surface area (Å²) in [5, 5.41) is 0. The van der Waals surface area contributed by atoms with E-state index in [0.29, 0.717) is 24.2 Å². The molecule has 1 aliphatic heterocycles. The zero-order valence-corrected chi connectivity index (χ0v) is 16.6. The minimum absolute atomic E-state index is 0.205. The molecule has 0 spiro atoms. The molecule has 0 radical (unpaired) electrons. The second-order valence-corrected chi connectivity index (χ2v) is 8.00. The number of carbonyl (C=O) groups excluding carboxylic acids is 3. The van der Waals surface area contributed by atoms with Crippen LogP contribution in [0.4, 0.5) is 0 Å². The number of nitrogens with zero attached hydrogens (tertiary/aromatic N) is 3. The van der Waals surface area contributed by atoms with E-state index in [1.165, 1.54) is 10.5 Å². The summed E-state index contributed by atoms with van der Waals surface area (Å²) in [6, 6.07) is 4.70. The van der Waals surface area contributed by atoms with E-state index in [1.54, 1.807) is 18.3 Å². The van der Waals surface area contributed by atoms with Gasteiger partial charge in [0.05, 0.1) is 17.5 Å². The summed E-state index contributed by atoms with van der Waals surface area (Å²) in [7, 11) is 0. The molecule has 1 saturated heterocycles. The number of pyridine rings is 1. The summed E-state index contributed by atoms with van der Waals surface area (Å²) >= 11 is 3.29. The number of amides is 2. The predicted molar refractivity (Wildman–Crippen MR) is 101 cm³/mol. The number of imide groups is 1. The van der Waals surface area contributed by atoms with Crippen molar-refractivity contribution in [2.45, 2.75) is 32.3 Å². The van der Waals surface area contributed by atoms with E-state index in [1.807, 2.05) is 0 Å². The van der Waals surface area contributed by atoms with E-state index >= 15 is 0 Å². The smallest absolute Gasteiger partial charge is 0.326 e. The number of hydrogen-bond acceptors (Lipinski definition) is 6. The molecule has 2 aromatic heterocycles. The zero-order chi connectivity index (χ0) is 19.8. The molecular weight excluding hydrogens is 430 g/mol. The van der Waals surface area contributed by atoms with Crippen molar-refractivity contribution >= 4 is 39.4 Å². The fraction of sp³-hybridized carbons (Fsp3) is 0.421. The van der Waals surface area contributed by atoms with Gasteiger partial charge in [-0.25, -0.2) is 4.98 Å². The summed E-state index contributed by atoms with van der Waals surface area (Å²) in [6.07, 6.45) is 4.85. The summed E-state index contributed by atoms with van der Waals surface area (Å²) in [5.41, 5.74) is 0.426. The Bertz CT molecular complexity index is 1010. The highest BCUT2D eigenvalue weighted by atomic mass is 79.9. The molecule has 1 aliphatic carbocycles. The van der Waals surface area contributed by atoms with Gasteiger partial charge in [0, 0.05) is 16.7 Å². The Morgan fingerprint density at radius 2 is 1.82 bits per heavy atom. The third kappa shape index (κ3) is 3.46. The number of aromatic nitrogens is 2. The van der Waals surface area contributed by atoms with Gasteiger partial charge in [-0.05, 0) is 40.9 Å². The van der Waals surface area contributed by atoms with E-state index < -0.39 is 12.5 Å². The normalized spacial score (nSPS) is 21.8. The van der Waals surface area contributed by atoms with Gasteiger partial charge in [0.25, 0.3) is 5.56 Å². The maximum Gasteiger partial charge on any atom is 0.326 e. The SMILES string of the molecule is O=C(CN1C(=O)[C@H]2CCCC[C@@H]2C1=O)OCc1cc(=O)n2cc(Br)ccc2n1. The molecule has 1 saturated carbocycles. The van der Waals surface area contributed by atoms with Crippen LogP contribution in [-0.2, 0) is 25.7 Å². The molecule has 146 valence electrons. The first-order valence-electron chi connectivity index (χ1n) is 9.13. The molecule has 0 unspecified atom stereocenters. The largest absolute Gasteiger partial charge is 0.458 e. The maximum absolute atomic E-state index is 12.4. The number of esters is 1. The van der Waals surface area contributed by atoms with Crippen LogP contribution >= 0.6 is 15.9 Å². The number of ether oxygens (including phenoxy) is 1. The molecule has 2 aromatic rings. The van der Waals surface area contributed by atoms with Gasteiger partial charge in [0.1, 0.15) is 18.8 Å². The van der Waals surface area contributed by atoms with Crippen molar-refractivity contribution in [3.63, 3.8) is 0 Å². The van der Waals surface area contributed by atoms with E-state index in [0.717, 1.165) is 22.2 Å². The van der Waals surface area contributed by atoms with Gasteiger partial charge in [0.2, 0.25) is 11.8 Å². The lowest BCUT2D eigenvalue weighted by Crippen LogP contribution is -2.36. The fourth-order valence-electron chi connectivity index (χ4n) is 3.92. The number of rotatable bonds is 4. The van der Waals surface area contributed by atoms with Crippen LogP contribution in [0.2, 0.25) is 0 Å². The van der Waals surface area contributed by atoms with Crippen LogP contribution in [0.5, 0.6) is 0 Å². The maximum atomic E-state index is 12.4. The van der Waals surface area contributed by atoms with Crippen molar-refractivity contribution < 1.29 is 19.1 Å². The standard InChI is InChI=1S/C19H18BrN3O5/c20-11-5-6-15-21-12(7-16(24)22(15)8-11)10-28-17(25)9-23-18(26)13-3-1-2-4-14(13)19(23)27/h5-8,13-14H,1-4,9-10H2/t13-,14-/m0/s1. The topological polar surface area (TPSA) is 98.0 Å². The van der Waals surface area contributed by atoms with Crippen LogP contribution in [0.25, 0.3) is 5.65 Å². The molecule has 4 rings (SSSR count). The van der Waals surface area contributed by atoms with Crippen molar-refractivity contribution in [1.29, 1.82) is 0 Å². The molecule has 3 heterocycles. The van der Waals surface area contributed by atoms with Crippen LogP contribution in [0, 0.1) is 11.8 Å². The number of halogens is 1. The Morgan fingerprint density at radius 1 is 1.14 bits per heavy atom. The lowest BCUT2D eigenvalue weighted by molar-refractivity contribution is -0.153. The molecule has 0 bridgehead atoms. The molecule has 2 atom stereocenters. The molecule has 0 N–H and O–H groups in total. The van der Waals surface area contributed by atoms with Crippen LogP contribution in [0.3, 0.4) is 0 Å². The first kappa shape index (κ1) is 18.8. The Hall–Kier alpha value is -2.55. The third-order valence-corrected chi connectivity index (χ3v) is 5.75. The van der Waals surface area contributed by atoms with E-state index in [-0.39, 0.29) is 35.8 Å². The second-order valence-electron chi connectivity index (χ2n) is 7.08. The van der Waals surface area contributed by atoms with Gasteiger partial charge in [-0.3, -0.25) is 28.5 Å². The Labute approximate surface area is 168 Å². The van der Waals surface area contributed by atoms with Crippen LogP contribution in [0.1, 0.15) is 31.4 Å². The monoisotopic (exact) mass is 447 g/mol. The molecule has 2 aliphatic rings. The van der Waals surface area contributed by atoms with Gasteiger partial charge in [0.15, 0.2) is 0 Å². The van der Waals surface area contributed by atoms with E-state index in [4.69, 9.17) is 4.74 Å². The number of fused-ring (bicyclic) bond motifs is 2. The molecule has 9 heteroatoms. The minimum atomic E-state index is -0.696. The van der Waals surface area contributed by atoms with Crippen molar-refractivity contribution in [3.05, 3.63) is 44.9 Å². The first-order valence-corrected chi connectivity index (χ1v) is 9.92. The van der Waals surface area contributed by atoms with Gasteiger partial charge in [-0.2, -0.15) is 0 Å². The average molecular weight is 448 g/mol. The van der Waals surface area contributed by atoms with Gasteiger partial charge in [-0.15, -0.1) is 0 Å². The summed E-state index contributed by atoms with van der Waals surface area (Å²) in [5.74, 6) is -1.84. The van der Waals surface area contributed by atoms with Crippen molar-refractivity contribution in [2.24, 2.45) is 11.8 Å². The van der Waals surface area contributed by atoms with Gasteiger partial charge >= 0.3 is 5.97 Å². The summed E-state index contributed by atoms with van der Waals surface area (Å²) < 4.78 is 7.28. The summed E-state index contributed by atoms with van der Waals surface area (Å²) in [4.78, 5) is 54.5. The first-order chi connectivity index (χ1) is 13.4. The summed E-state index contributed by atoms with van der Waals surface area (Å²) in [6.45, 7) is -0.603. The number of likely N-dealkylation sites (tertiary alicyclic amines) is 1. The Morgan fingerprint density at radius 3 is 2.50 bits per heavy atom. The molecule has 2 amide bonds. The highest BCUT2D eigenvalue weighted by Crippen LogP contribution is 2.37. The highest BCUT2D eigenvalue weighted by Gasteiger charge is 2.48. The van der Waals surface area contributed by atoms with Crippen LogP contribution in [0.15, 0.2) is 33.7 Å². The van der Waals surface area contributed by atoms with Crippen molar-refractivity contribution in [2.75, 3.05) is 6.54 Å². The van der Waals surface area contributed by atoms with Gasteiger partial charge < -0.3 is 4.74 Å². The highest BCUT2D eigenvalue weighted by molar-refractivity contribution is 9.10. The molecule has 28 heavy (non-hydrogen) atoms. The molecular formula is C19H18BrN3O5. The van der Waals surface area contributed by atoms with E-state index in [2.05, 4.69) is 20.9 Å². The number of hydrogen-bond donors (Lipinski definition) is 0. The van der Waals surface area contributed by atoms with Crippen LogP contribution in [-0.4, -0.2) is 38.6 Å². The lowest BCUT2D eigenvalue weighted by Gasteiger charge is -2.19. The molecule has 8 nitrogen and oxygen atoms in total. The van der Waals surface area contributed by atoms with E-state index in [9.17, 15) is 19.2 Å². The molecule has 0 aromatic carbocycles. The fourth-order valence-corrected chi connectivity index (χ4v) is 4.25. The second kappa shape index (κ2) is 7.46. The average Bonchev–Trinajstić information content (AvgIpc) is 2.92. The molecule has 2 fully saturated rings. The number of carbonyl (C=O) groups is 3. The predicted octanol–water partition coefficient (Wildman–Crippen LogP) is 1.68. The Kier molecular flexibility index (Phi) is 5.01. The van der Waals surface area contributed by atoms with Crippen LogP contribution < -0.4 is 5.56 Å². The zero-order valence-electron chi connectivity index (χ0n) is 15.0. The van der Waals surface area contributed by atoms with Gasteiger partial charge in [-0.1, -0.05) is 12.8 Å². The third-order valence-electron chi connectivity index (χ3n) is 5.28. The minimum Gasteiger partial charge on any atom is -0.458 e. The van der Waals surface area contributed by atoms with Crippen molar-refractivity contribution in [3.8, 4) is 0 Å². The lowest BCUT2D eigenvalue weighted by atomic mass is 9.81. The quantitative estimate of drug-likeness (QED) is 0.522.